The number of hydrogen-bond acceptors (Lipinski definition) is 7. The highest BCUT2D eigenvalue weighted by molar-refractivity contribution is 6.07. The molecule has 0 atom stereocenters. The summed E-state index contributed by atoms with van der Waals surface area (Å²) in [5.41, 5.74) is 6.91. The lowest BCUT2D eigenvalue weighted by Crippen LogP contribution is -2.36. The zero-order chi connectivity index (χ0) is 33.8. The third-order valence-electron chi connectivity index (χ3n) is 9.35. The Morgan fingerprint density at radius 3 is 2.43 bits per heavy atom. The summed E-state index contributed by atoms with van der Waals surface area (Å²) in [7, 11) is 2.18. The largest absolute Gasteiger partial charge is 0.493 e. The Balaban J connectivity index is 0.000000765. The van der Waals surface area contributed by atoms with Gasteiger partial charge < -0.3 is 28.8 Å². The van der Waals surface area contributed by atoms with E-state index >= 15 is 0 Å². The number of fused-ring (bicyclic) bond motifs is 1. The van der Waals surface area contributed by atoms with Gasteiger partial charge in [-0.3, -0.25) is 9.69 Å². The minimum Gasteiger partial charge on any atom is -0.493 e. The van der Waals surface area contributed by atoms with Gasteiger partial charge >= 0.3 is 0 Å². The molecule has 4 heterocycles. The predicted molar refractivity (Wildman–Crippen MR) is 196 cm³/mol. The van der Waals surface area contributed by atoms with Gasteiger partial charge in [0.25, 0.3) is 5.91 Å². The number of nitrogens with zero attached hydrogens (tertiary/aromatic N) is 2. The molecular formula is C41H49N3O5. The molecule has 49 heavy (non-hydrogen) atoms. The Morgan fingerprint density at radius 2 is 1.71 bits per heavy atom. The van der Waals surface area contributed by atoms with E-state index in [2.05, 4.69) is 58.6 Å². The summed E-state index contributed by atoms with van der Waals surface area (Å²) in [5.74, 6) is 1.65. The first-order valence-electron chi connectivity index (χ1n) is 17.7. The first-order chi connectivity index (χ1) is 24.1. The lowest BCUT2D eigenvalue weighted by atomic mass is 9.99. The first-order valence-corrected chi connectivity index (χ1v) is 17.7. The fraction of sp³-hybridized carbons (Fsp3) is 0.390. The Labute approximate surface area is 290 Å². The van der Waals surface area contributed by atoms with Gasteiger partial charge in [0.05, 0.1) is 19.4 Å². The van der Waals surface area contributed by atoms with Crippen molar-refractivity contribution in [2.75, 3.05) is 56.8 Å². The van der Waals surface area contributed by atoms with Crippen LogP contribution in [-0.4, -0.2) is 63.5 Å². The van der Waals surface area contributed by atoms with E-state index in [9.17, 15) is 4.79 Å². The van der Waals surface area contributed by atoms with Crippen LogP contribution in [0.15, 0.2) is 95.1 Å². The number of furan rings is 1. The molecule has 0 unspecified atom stereocenters. The van der Waals surface area contributed by atoms with Crippen LogP contribution < -0.4 is 15.0 Å². The molecule has 0 radical (unpaired) electrons. The highest BCUT2D eigenvalue weighted by Gasteiger charge is 2.22. The van der Waals surface area contributed by atoms with Crippen LogP contribution in [0.1, 0.15) is 55.9 Å². The van der Waals surface area contributed by atoms with Crippen LogP contribution in [0.3, 0.4) is 0 Å². The lowest BCUT2D eigenvalue weighted by molar-refractivity contribution is -0.112. The molecule has 2 saturated heterocycles. The number of carbonyl (C=O) groups excluding carboxylic acids is 1. The van der Waals surface area contributed by atoms with E-state index in [0.29, 0.717) is 32.2 Å². The molecule has 0 saturated carbocycles. The summed E-state index contributed by atoms with van der Waals surface area (Å²) in [4.78, 5) is 18.3. The number of ether oxygens (including phenoxy) is 3. The van der Waals surface area contributed by atoms with Crippen molar-refractivity contribution >= 4 is 23.4 Å². The first kappa shape index (κ1) is 34.5. The molecule has 0 spiro atoms. The molecule has 1 aromatic heterocycles. The van der Waals surface area contributed by atoms with Crippen LogP contribution in [0.5, 0.6) is 5.75 Å². The summed E-state index contributed by atoms with van der Waals surface area (Å²) < 4.78 is 22.1. The maximum atomic E-state index is 13.7. The normalized spacial score (nSPS) is 16.3. The van der Waals surface area contributed by atoms with Gasteiger partial charge in [-0.25, -0.2) is 0 Å². The fourth-order valence-electron chi connectivity index (χ4n) is 6.64. The molecule has 1 amide bonds. The Kier molecular flexibility index (Phi) is 12.2. The number of nitrogens with one attached hydrogen (secondary N) is 1. The van der Waals surface area contributed by atoms with E-state index in [4.69, 9.17) is 18.6 Å². The Bertz CT molecular complexity index is 1650. The van der Waals surface area contributed by atoms with E-state index in [1.165, 1.54) is 18.4 Å². The van der Waals surface area contributed by atoms with Crippen LogP contribution in [0.4, 0.5) is 11.4 Å². The summed E-state index contributed by atoms with van der Waals surface area (Å²) in [6.07, 6.45) is 9.05. The number of hydrogen-bond donors (Lipinski definition) is 1. The van der Waals surface area contributed by atoms with Crippen LogP contribution in [-0.2, 0) is 27.4 Å². The summed E-state index contributed by atoms with van der Waals surface area (Å²) in [5, 5.41) is 3.15. The van der Waals surface area contributed by atoms with Crippen LogP contribution in [0.25, 0.3) is 17.2 Å². The minimum atomic E-state index is -0.0806. The molecule has 7 rings (SSSR count). The second-order valence-corrected chi connectivity index (χ2v) is 12.9. The molecule has 3 aliphatic heterocycles. The number of amides is 1. The monoisotopic (exact) mass is 663 g/mol. The molecule has 258 valence electrons. The highest BCUT2D eigenvalue weighted by atomic mass is 16.5. The van der Waals surface area contributed by atoms with Gasteiger partial charge in [-0.1, -0.05) is 36.4 Å². The maximum absolute atomic E-state index is 13.7. The predicted octanol–water partition coefficient (Wildman–Crippen LogP) is 8.19. The molecule has 3 aliphatic rings. The van der Waals surface area contributed by atoms with Crippen molar-refractivity contribution in [3.63, 3.8) is 0 Å². The van der Waals surface area contributed by atoms with Gasteiger partial charge in [0, 0.05) is 68.1 Å². The van der Waals surface area contributed by atoms with Crippen molar-refractivity contribution in [3.8, 4) is 16.9 Å². The number of benzene rings is 3. The van der Waals surface area contributed by atoms with E-state index in [0.717, 1.165) is 91.0 Å². The second kappa shape index (κ2) is 17.3. The zero-order valence-corrected chi connectivity index (χ0v) is 28.9. The number of para-hydroxylation sites is 1. The summed E-state index contributed by atoms with van der Waals surface area (Å²) in [6.45, 7) is 8.46. The van der Waals surface area contributed by atoms with Crippen molar-refractivity contribution in [3.05, 3.63) is 108 Å². The average Bonchev–Trinajstić information content (AvgIpc) is 3.87. The summed E-state index contributed by atoms with van der Waals surface area (Å²) >= 11 is 0. The van der Waals surface area contributed by atoms with Gasteiger partial charge in [0.2, 0.25) is 0 Å². The third-order valence-corrected chi connectivity index (χ3v) is 9.35. The summed E-state index contributed by atoms with van der Waals surface area (Å²) in [6, 6.07) is 27.2. The van der Waals surface area contributed by atoms with Crippen molar-refractivity contribution in [2.45, 2.75) is 58.2 Å². The van der Waals surface area contributed by atoms with Crippen LogP contribution >= 0.6 is 0 Å². The van der Waals surface area contributed by atoms with E-state index < -0.39 is 0 Å². The molecule has 0 bridgehead atoms. The van der Waals surface area contributed by atoms with Gasteiger partial charge in [-0.15, -0.1) is 0 Å². The van der Waals surface area contributed by atoms with Gasteiger partial charge in [-0.05, 0) is 111 Å². The molecule has 2 fully saturated rings. The molecule has 8 heteroatoms. The maximum Gasteiger partial charge on any atom is 0.251 e. The third kappa shape index (κ3) is 9.41. The van der Waals surface area contributed by atoms with Gasteiger partial charge in [0.1, 0.15) is 11.5 Å². The van der Waals surface area contributed by atoms with Gasteiger partial charge in [-0.2, -0.15) is 0 Å². The number of anilines is 2. The van der Waals surface area contributed by atoms with Crippen molar-refractivity contribution in [1.29, 1.82) is 0 Å². The smallest absolute Gasteiger partial charge is 0.251 e. The lowest BCUT2D eigenvalue weighted by Gasteiger charge is -2.31. The highest BCUT2D eigenvalue weighted by Crippen LogP contribution is 2.36. The zero-order valence-electron chi connectivity index (χ0n) is 28.9. The molecule has 8 nitrogen and oxygen atoms in total. The van der Waals surface area contributed by atoms with Crippen molar-refractivity contribution in [2.24, 2.45) is 0 Å². The van der Waals surface area contributed by atoms with E-state index in [1.54, 1.807) is 6.26 Å². The van der Waals surface area contributed by atoms with Crippen molar-refractivity contribution in [1.82, 2.24) is 4.90 Å². The topological polar surface area (TPSA) is 76.4 Å². The molecule has 3 aromatic carbocycles. The molecule has 1 N–H and O–H groups in total. The van der Waals surface area contributed by atoms with Crippen molar-refractivity contribution < 1.29 is 23.4 Å². The SMILES string of the molecule is C1CCOC1.CCOc1ccccc1-c1ccc2c(c1)C=C(C(=O)Nc1ccc(CN(C)C3CCOCC3)cc1)CCN2Cc1ccco1. The molecular weight excluding hydrogens is 614 g/mol. The average molecular weight is 664 g/mol. The van der Waals surface area contributed by atoms with Crippen LogP contribution in [0.2, 0.25) is 0 Å². The Morgan fingerprint density at radius 1 is 0.939 bits per heavy atom. The van der Waals surface area contributed by atoms with E-state index in [-0.39, 0.29) is 5.91 Å². The van der Waals surface area contributed by atoms with E-state index in [1.807, 2.05) is 55.5 Å². The van der Waals surface area contributed by atoms with Crippen LogP contribution in [0, 0.1) is 0 Å². The number of carbonyl (C=O) groups is 1. The Hall–Kier alpha value is -4.37. The minimum absolute atomic E-state index is 0.0806. The second-order valence-electron chi connectivity index (χ2n) is 12.9. The fourth-order valence-corrected chi connectivity index (χ4v) is 6.64. The quantitative estimate of drug-likeness (QED) is 0.183. The number of rotatable bonds is 10. The molecule has 4 aromatic rings. The van der Waals surface area contributed by atoms with Gasteiger partial charge in [0.15, 0.2) is 0 Å². The standard InChI is InChI=1S/C37H41N3O4.C4H8O/c1-3-43-36-9-5-4-8-34(36)28-12-15-35-30(23-28)24-29(16-19-40(35)26-33-7-6-20-44-33)37(41)38-31-13-10-27(11-14-31)25-39(2)32-17-21-42-22-18-32;1-2-4-5-3-1/h4-15,20,23-24,32H,3,16-19,21-22,25-26H2,1-2H3,(H,38,41);1-4H2. The molecule has 0 aliphatic carbocycles.